The molecule has 0 N–H and O–H groups in total. The van der Waals surface area contributed by atoms with Gasteiger partial charge < -0.3 is 0 Å². The molecule has 3 aromatic rings. The lowest BCUT2D eigenvalue weighted by atomic mass is 10.3. The summed E-state index contributed by atoms with van der Waals surface area (Å²) in [5, 5.41) is 4.37. The fourth-order valence-electron chi connectivity index (χ4n) is 3.47. The van der Waals surface area contributed by atoms with Crippen molar-refractivity contribution in [2.24, 2.45) is 0 Å². The van der Waals surface area contributed by atoms with Gasteiger partial charge in [0, 0.05) is 15.9 Å². The molecule has 0 aliphatic carbocycles. The van der Waals surface area contributed by atoms with Crippen LogP contribution in [-0.4, -0.2) is 17.4 Å². The molecule has 1 fully saturated rings. The Bertz CT molecular complexity index is 729. The lowest BCUT2D eigenvalue weighted by Crippen LogP contribution is -2.38. The van der Waals surface area contributed by atoms with Crippen molar-refractivity contribution < 1.29 is 4.33 Å². The Kier molecular flexibility index (Phi) is 3.89. The fraction of sp³-hybridized carbons (Fsp3) is 0.143. The minimum atomic E-state index is -1.72. The molecule has 0 saturated carbocycles. The number of nitrogens with zero attached hydrogens (tertiary/aromatic N) is 1. The van der Waals surface area contributed by atoms with E-state index in [1.165, 1.54) is 35.4 Å². The molecule has 3 aromatic carbocycles. The molecule has 0 spiro atoms. The van der Waals surface area contributed by atoms with Crippen molar-refractivity contribution in [1.82, 2.24) is 0 Å². The van der Waals surface area contributed by atoms with Crippen molar-refractivity contribution in [3.05, 3.63) is 91.0 Å². The van der Waals surface area contributed by atoms with Crippen LogP contribution in [-0.2, 0) is 0 Å². The Balaban J connectivity index is 2.12. The van der Waals surface area contributed by atoms with Crippen molar-refractivity contribution in [2.75, 3.05) is 13.1 Å². The Morgan fingerprint density at radius 3 is 1.13 bits per heavy atom. The van der Waals surface area contributed by atoms with E-state index in [4.69, 9.17) is 0 Å². The van der Waals surface area contributed by atoms with Crippen LogP contribution in [0.3, 0.4) is 0 Å². The molecule has 114 valence electrons. The average Bonchev–Trinajstić information content (AvgIpc) is 2.60. The maximum Gasteiger partial charge on any atom is 0.184 e. The molecule has 23 heavy (non-hydrogen) atoms. The molecule has 0 atom stereocenters. The second kappa shape index (κ2) is 6.18. The standard InChI is InChI=1S/C21H21NP/c1-4-11-19(12-5-1)23(22-17-10-18-22,20-13-6-2-7-14-20)21-15-8-3-9-16-21/h1-9,11-16H,10,17-18H2/q+1. The van der Waals surface area contributed by atoms with Gasteiger partial charge in [0.2, 0.25) is 0 Å². The Morgan fingerprint density at radius 2 is 0.870 bits per heavy atom. The first-order valence-electron chi connectivity index (χ1n) is 8.24. The zero-order chi connectivity index (χ0) is 15.5. The molecule has 0 bridgehead atoms. The van der Waals surface area contributed by atoms with Gasteiger partial charge in [-0.3, -0.25) is 0 Å². The van der Waals surface area contributed by atoms with Crippen LogP contribution in [0.15, 0.2) is 91.0 Å². The predicted octanol–water partition coefficient (Wildman–Crippen LogP) is 3.58. The van der Waals surface area contributed by atoms with E-state index in [1.54, 1.807) is 0 Å². The van der Waals surface area contributed by atoms with Gasteiger partial charge >= 0.3 is 0 Å². The fourth-order valence-corrected chi connectivity index (χ4v) is 8.04. The van der Waals surface area contributed by atoms with Gasteiger partial charge in [-0.15, -0.1) is 0 Å². The molecule has 1 saturated heterocycles. The van der Waals surface area contributed by atoms with E-state index >= 15 is 0 Å². The first kappa shape index (κ1) is 14.5. The SMILES string of the molecule is c1ccc(P(c2ccccc2)(c2ccccc2)=[N+]2CCC2)cc1. The van der Waals surface area contributed by atoms with Crippen LogP contribution in [0, 0.1) is 0 Å². The van der Waals surface area contributed by atoms with Crippen LogP contribution in [0.2, 0.25) is 0 Å². The summed E-state index contributed by atoms with van der Waals surface area (Å²) >= 11 is 0. The normalized spacial score (nSPS) is 14.3. The Morgan fingerprint density at radius 1 is 0.522 bits per heavy atom. The van der Waals surface area contributed by atoms with E-state index in [2.05, 4.69) is 95.3 Å². The summed E-state index contributed by atoms with van der Waals surface area (Å²) in [5.74, 6) is 0. The third kappa shape index (κ3) is 2.36. The summed E-state index contributed by atoms with van der Waals surface area (Å²) in [7, 11) is -1.72. The summed E-state index contributed by atoms with van der Waals surface area (Å²) in [6.07, 6.45) is 1.30. The molecule has 1 heterocycles. The monoisotopic (exact) mass is 318 g/mol. The number of rotatable bonds is 3. The van der Waals surface area contributed by atoms with Crippen molar-refractivity contribution in [3.8, 4) is 0 Å². The molecular formula is C21H21NP+. The predicted molar refractivity (Wildman–Crippen MR) is 99.8 cm³/mol. The van der Waals surface area contributed by atoms with E-state index < -0.39 is 7.05 Å². The first-order chi connectivity index (χ1) is 11.4. The van der Waals surface area contributed by atoms with Gasteiger partial charge in [-0.1, -0.05) is 54.6 Å². The van der Waals surface area contributed by atoms with E-state index in [-0.39, 0.29) is 0 Å². The largest absolute Gasteiger partial charge is 0.248 e. The number of hydrogen-bond acceptors (Lipinski definition) is 0. The summed E-state index contributed by atoms with van der Waals surface area (Å²) in [5.41, 5.74) is 0. The van der Waals surface area contributed by atoms with Crippen molar-refractivity contribution in [2.45, 2.75) is 6.42 Å². The smallest absolute Gasteiger partial charge is 0.184 e. The van der Waals surface area contributed by atoms with E-state index in [9.17, 15) is 0 Å². The van der Waals surface area contributed by atoms with Crippen LogP contribution in [0.25, 0.3) is 0 Å². The van der Waals surface area contributed by atoms with E-state index in [1.807, 2.05) is 0 Å². The zero-order valence-corrected chi connectivity index (χ0v) is 14.1. The minimum absolute atomic E-state index is 1.19. The summed E-state index contributed by atoms with van der Waals surface area (Å²) in [6, 6.07) is 33.3. The molecular weight excluding hydrogens is 297 g/mol. The molecule has 2 heteroatoms. The first-order valence-corrected chi connectivity index (χ1v) is 9.98. The second-order valence-electron chi connectivity index (χ2n) is 5.95. The third-order valence-electron chi connectivity index (χ3n) is 4.65. The average molecular weight is 318 g/mol. The molecule has 1 aliphatic rings. The Labute approximate surface area is 138 Å². The van der Waals surface area contributed by atoms with Gasteiger partial charge in [0.25, 0.3) is 0 Å². The molecule has 0 aromatic heterocycles. The van der Waals surface area contributed by atoms with Gasteiger partial charge in [-0.2, -0.15) is 0 Å². The second-order valence-corrected chi connectivity index (χ2v) is 9.33. The highest BCUT2D eigenvalue weighted by Crippen LogP contribution is 2.47. The highest BCUT2D eigenvalue weighted by atomic mass is 31.2. The van der Waals surface area contributed by atoms with Crippen LogP contribution >= 0.6 is 7.05 Å². The van der Waals surface area contributed by atoms with Gasteiger partial charge in [0.1, 0.15) is 13.1 Å². The topological polar surface area (TPSA) is 3.01 Å². The van der Waals surface area contributed by atoms with E-state index in [0.29, 0.717) is 0 Å². The summed E-state index contributed by atoms with van der Waals surface area (Å²) in [4.78, 5) is 0. The minimum Gasteiger partial charge on any atom is -0.248 e. The molecule has 0 amide bonds. The van der Waals surface area contributed by atoms with Crippen molar-refractivity contribution in [1.29, 1.82) is 0 Å². The van der Waals surface area contributed by atoms with Crippen LogP contribution in [0.5, 0.6) is 0 Å². The summed E-state index contributed by atoms with van der Waals surface area (Å²) in [6.45, 7) is 2.37. The van der Waals surface area contributed by atoms with E-state index in [0.717, 1.165) is 0 Å². The lowest BCUT2D eigenvalue weighted by Gasteiger charge is -2.30. The highest BCUT2D eigenvalue weighted by Gasteiger charge is 2.39. The molecule has 1 aliphatic heterocycles. The van der Waals surface area contributed by atoms with Crippen molar-refractivity contribution in [3.63, 3.8) is 0 Å². The zero-order valence-electron chi connectivity index (χ0n) is 13.2. The van der Waals surface area contributed by atoms with Gasteiger partial charge in [0.05, 0.1) is 6.42 Å². The highest BCUT2D eigenvalue weighted by molar-refractivity contribution is 7.85. The Hall–Kier alpha value is -2.11. The maximum absolute atomic E-state index is 2.72. The number of hydrogen-bond donors (Lipinski definition) is 0. The van der Waals surface area contributed by atoms with Crippen LogP contribution < -0.4 is 15.9 Å². The number of benzene rings is 3. The molecule has 1 nitrogen and oxygen atoms in total. The van der Waals surface area contributed by atoms with Gasteiger partial charge in [-0.25, -0.2) is 4.33 Å². The maximum atomic E-state index is 2.72. The molecule has 4 rings (SSSR count). The molecule has 0 unspecified atom stereocenters. The quantitative estimate of drug-likeness (QED) is 0.649. The summed E-state index contributed by atoms with van der Waals surface area (Å²) < 4.78 is 2.72. The molecule has 0 radical (unpaired) electrons. The van der Waals surface area contributed by atoms with Crippen molar-refractivity contribution >= 4 is 23.0 Å². The third-order valence-corrected chi connectivity index (χ3v) is 9.03. The van der Waals surface area contributed by atoms with Crippen LogP contribution in [0.4, 0.5) is 0 Å². The van der Waals surface area contributed by atoms with Gasteiger partial charge in [0.15, 0.2) is 7.05 Å². The lowest BCUT2D eigenvalue weighted by molar-refractivity contribution is -0.563. The van der Waals surface area contributed by atoms with Gasteiger partial charge in [-0.05, 0) is 36.4 Å². The van der Waals surface area contributed by atoms with Crippen LogP contribution in [0.1, 0.15) is 6.42 Å².